The van der Waals surface area contributed by atoms with Gasteiger partial charge in [0.05, 0.1) is 6.10 Å². The van der Waals surface area contributed by atoms with Gasteiger partial charge in [0.1, 0.15) is 0 Å². The smallest absolute Gasteiger partial charge is 0.393 e. The lowest BCUT2D eigenvalue weighted by Crippen LogP contribution is -2.70. The molecule has 0 aliphatic carbocycles. The molecule has 0 aromatic carbocycles. The van der Waals surface area contributed by atoms with Crippen molar-refractivity contribution < 1.29 is 62.2 Å². The zero-order valence-electron chi connectivity index (χ0n) is 15.6. The van der Waals surface area contributed by atoms with Crippen molar-refractivity contribution in [2.24, 2.45) is 0 Å². The third-order valence-electron chi connectivity index (χ3n) is 4.38. The Bertz CT molecular complexity index is 528. The molecule has 1 unspecified atom stereocenters. The molecule has 0 aliphatic heterocycles. The molecule has 1 atom stereocenters. The maximum Gasteiger partial charge on any atom is 0.460 e. The van der Waals surface area contributed by atoms with Crippen molar-refractivity contribution in [1.82, 2.24) is 0 Å². The van der Waals surface area contributed by atoms with Gasteiger partial charge in [0.25, 0.3) is 0 Å². The summed E-state index contributed by atoms with van der Waals surface area (Å²) in [5.74, 6) is -37.0. The maximum atomic E-state index is 13.6. The van der Waals surface area contributed by atoms with Crippen LogP contribution in [0.1, 0.15) is 58.3 Å². The molecular formula is C16H21F13O. The van der Waals surface area contributed by atoms with Crippen LogP contribution in [-0.4, -0.2) is 47.0 Å². The first-order chi connectivity index (χ1) is 13.2. The molecule has 0 radical (unpaired) electrons. The fourth-order valence-corrected chi connectivity index (χ4v) is 2.49. The first-order valence-corrected chi connectivity index (χ1v) is 8.84. The third-order valence-corrected chi connectivity index (χ3v) is 4.38. The van der Waals surface area contributed by atoms with E-state index in [0.717, 1.165) is 19.3 Å². The van der Waals surface area contributed by atoms with Crippen molar-refractivity contribution in [2.45, 2.75) is 100 Å². The number of aliphatic hydroxyl groups is 1. The van der Waals surface area contributed by atoms with Crippen LogP contribution in [0, 0.1) is 0 Å². The molecule has 0 aromatic heterocycles. The average molecular weight is 476 g/mol. The summed E-state index contributed by atoms with van der Waals surface area (Å²) in [6.07, 6.45) is -9.70. The van der Waals surface area contributed by atoms with Crippen molar-refractivity contribution in [3.8, 4) is 0 Å². The molecule has 1 N–H and O–H groups in total. The molecule has 0 aromatic rings. The topological polar surface area (TPSA) is 20.2 Å². The molecule has 182 valence electrons. The summed E-state index contributed by atoms with van der Waals surface area (Å²) in [6, 6.07) is 0. The highest BCUT2D eigenvalue weighted by Gasteiger charge is 2.90. The number of hydrogen-bond donors (Lipinski definition) is 1. The van der Waals surface area contributed by atoms with Gasteiger partial charge in [-0.3, -0.25) is 0 Å². The molecule has 0 amide bonds. The minimum Gasteiger partial charge on any atom is -0.393 e. The lowest BCUT2D eigenvalue weighted by atomic mass is 9.90. The van der Waals surface area contributed by atoms with Gasteiger partial charge in [0.2, 0.25) is 0 Å². The molecule has 0 saturated heterocycles. The first kappa shape index (κ1) is 29.1. The lowest BCUT2D eigenvalue weighted by Gasteiger charge is -2.40. The second-order valence-corrected chi connectivity index (χ2v) is 6.91. The zero-order valence-corrected chi connectivity index (χ0v) is 15.6. The summed E-state index contributed by atoms with van der Waals surface area (Å²) in [7, 11) is 0. The Morgan fingerprint density at radius 2 is 0.967 bits per heavy atom. The Morgan fingerprint density at radius 1 is 0.567 bits per heavy atom. The Balaban J connectivity index is 5.41. The molecule has 0 fully saturated rings. The van der Waals surface area contributed by atoms with Gasteiger partial charge in [-0.25, -0.2) is 0 Å². The number of hydrogen-bond acceptors (Lipinski definition) is 1. The van der Waals surface area contributed by atoms with Crippen LogP contribution in [0.5, 0.6) is 0 Å². The number of unbranched alkanes of at least 4 members (excludes halogenated alkanes) is 5. The van der Waals surface area contributed by atoms with Gasteiger partial charge < -0.3 is 5.11 Å². The SMILES string of the molecule is CCCCCCCCC(O)CC(F)(F)C(F)(F)C(F)(F)C(F)(F)C(F)(F)C(F)(F)F. The summed E-state index contributed by atoms with van der Waals surface area (Å²) in [4.78, 5) is 0. The van der Waals surface area contributed by atoms with Gasteiger partial charge in [-0.2, -0.15) is 57.1 Å². The van der Waals surface area contributed by atoms with Crippen LogP contribution in [0.25, 0.3) is 0 Å². The van der Waals surface area contributed by atoms with Crippen molar-refractivity contribution in [2.75, 3.05) is 0 Å². The Hall–Kier alpha value is -0.950. The predicted octanol–water partition coefficient (Wildman–Crippen LogP) is 7.23. The first-order valence-electron chi connectivity index (χ1n) is 8.84. The second-order valence-electron chi connectivity index (χ2n) is 6.91. The van der Waals surface area contributed by atoms with Crippen LogP contribution < -0.4 is 0 Å². The van der Waals surface area contributed by atoms with Gasteiger partial charge in [-0.1, -0.05) is 45.4 Å². The Kier molecular flexibility index (Phi) is 9.37. The summed E-state index contributed by atoms with van der Waals surface area (Å²) < 4.78 is 168. The number of alkyl halides is 13. The second kappa shape index (κ2) is 9.68. The number of aliphatic hydroxyl groups excluding tert-OH is 1. The predicted molar refractivity (Wildman–Crippen MR) is 79.4 cm³/mol. The van der Waals surface area contributed by atoms with E-state index in [-0.39, 0.29) is 6.42 Å². The largest absolute Gasteiger partial charge is 0.460 e. The quantitative estimate of drug-likeness (QED) is 0.220. The summed E-state index contributed by atoms with van der Waals surface area (Å²) in [5.41, 5.74) is 0. The van der Waals surface area contributed by atoms with Gasteiger partial charge in [-0.15, -0.1) is 0 Å². The van der Waals surface area contributed by atoms with E-state index >= 15 is 0 Å². The molecule has 0 bridgehead atoms. The summed E-state index contributed by atoms with van der Waals surface area (Å²) in [6.45, 7) is 1.88. The highest BCUT2D eigenvalue weighted by Crippen LogP contribution is 2.60. The van der Waals surface area contributed by atoms with E-state index in [1.165, 1.54) is 0 Å². The minimum absolute atomic E-state index is 0.0226. The monoisotopic (exact) mass is 476 g/mol. The Morgan fingerprint density at radius 3 is 1.40 bits per heavy atom. The van der Waals surface area contributed by atoms with Gasteiger partial charge in [-0.05, 0) is 6.42 Å². The van der Waals surface area contributed by atoms with E-state index in [1.54, 1.807) is 0 Å². The van der Waals surface area contributed by atoms with Crippen molar-refractivity contribution in [3.05, 3.63) is 0 Å². The van der Waals surface area contributed by atoms with Crippen molar-refractivity contribution in [1.29, 1.82) is 0 Å². The molecule has 0 saturated carbocycles. The highest BCUT2D eigenvalue weighted by atomic mass is 19.4. The van der Waals surface area contributed by atoms with E-state index in [0.29, 0.717) is 12.8 Å². The van der Waals surface area contributed by atoms with E-state index in [2.05, 4.69) is 0 Å². The minimum atomic E-state index is -7.91. The fourth-order valence-electron chi connectivity index (χ4n) is 2.49. The van der Waals surface area contributed by atoms with E-state index in [1.807, 2.05) is 6.92 Å². The standard InChI is InChI=1S/C16H21F13O/c1-2-3-4-5-6-7-8-10(30)9-11(17,18)12(19,20)13(21,22)14(23,24)15(25,26)16(27,28)29/h10,30H,2-9H2,1H3. The van der Waals surface area contributed by atoms with Gasteiger partial charge in [0, 0.05) is 6.42 Å². The van der Waals surface area contributed by atoms with E-state index < -0.39 is 54.7 Å². The number of rotatable bonds is 13. The van der Waals surface area contributed by atoms with Gasteiger partial charge in [0.15, 0.2) is 0 Å². The number of halogens is 13. The lowest BCUT2D eigenvalue weighted by molar-refractivity contribution is -0.440. The van der Waals surface area contributed by atoms with E-state index in [9.17, 15) is 62.2 Å². The summed E-state index contributed by atoms with van der Waals surface area (Å²) >= 11 is 0. The molecule has 0 rings (SSSR count). The van der Waals surface area contributed by atoms with Crippen LogP contribution >= 0.6 is 0 Å². The van der Waals surface area contributed by atoms with E-state index in [4.69, 9.17) is 0 Å². The van der Waals surface area contributed by atoms with Crippen molar-refractivity contribution >= 4 is 0 Å². The summed E-state index contributed by atoms with van der Waals surface area (Å²) in [5, 5.41) is 9.33. The van der Waals surface area contributed by atoms with Crippen molar-refractivity contribution in [3.63, 3.8) is 0 Å². The van der Waals surface area contributed by atoms with Crippen LogP contribution in [0.15, 0.2) is 0 Å². The van der Waals surface area contributed by atoms with Crippen LogP contribution in [0.2, 0.25) is 0 Å². The molecule has 30 heavy (non-hydrogen) atoms. The van der Waals surface area contributed by atoms with Gasteiger partial charge >= 0.3 is 35.8 Å². The molecule has 1 nitrogen and oxygen atoms in total. The maximum absolute atomic E-state index is 13.6. The fraction of sp³-hybridized carbons (Fsp3) is 1.00. The highest BCUT2D eigenvalue weighted by molar-refractivity contribution is 5.10. The van der Waals surface area contributed by atoms with Crippen LogP contribution in [-0.2, 0) is 0 Å². The third kappa shape index (κ3) is 5.64. The van der Waals surface area contributed by atoms with Crippen LogP contribution in [0.3, 0.4) is 0 Å². The van der Waals surface area contributed by atoms with Crippen LogP contribution in [0.4, 0.5) is 57.1 Å². The average Bonchev–Trinajstić information content (AvgIpc) is 2.55. The molecule has 0 spiro atoms. The molecule has 0 aliphatic rings. The normalized spacial score (nSPS) is 16.1. The Labute approximate surface area is 163 Å². The zero-order chi connectivity index (χ0) is 24.2. The molecular weight excluding hydrogens is 455 g/mol. The molecule has 14 heteroatoms. The molecule has 0 heterocycles.